The van der Waals surface area contributed by atoms with Crippen LogP contribution in [0.15, 0.2) is 16.9 Å². The fraction of sp³-hybridized carbons (Fsp3) is 0.667. The SMILES string of the molecule is CCC(C)N(C(=O)c1ccc(C)[nH]c1=O)C1CCCCCC1. The monoisotopic (exact) mass is 304 g/mol. The Labute approximate surface area is 132 Å². The molecule has 1 heterocycles. The van der Waals surface area contributed by atoms with Gasteiger partial charge in [0.2, 0.25) is 0 Å². The molecule has 0 spiro atoms. The number of hydrogen-bond donors (Lipinski definition) is 1. The fourth-order valence-corrected chi connectivity index (χ4v) is 3.34. The number of aromatic nitrogens is 1. The number of pyridine rings is 1. The van der Waals surface area contributed by atoms with E-state index >= 15 is 0 Å². The third-order valence-electron chi connectivity index (χ3n) is 4.80. The average molecular weight is 304 g/mol. The molecule has 1 aliphatic rings. The normalized spacial score (nSPS) is 17.8. The second-order valence-electron chi connectivity index (χ2n) is 6.50. The first-order valence-corrected chi connectivity index (χ1v) is 8.57. The number of aromatic amines is 1. The molecule has 0 aromatic carbocycles. The number of carbonyl (C=O) groups excluding carboxylic acids is 1. The van der Waals surface area contributed by atoms with Crippen LogP contribution in [0.25, 0.3) is 0 Å². The van der Waals surface area contributed by atoms with Crippen LogP contribution in [-0.4, -0.2) is 27.9 Å². The first-order chi connectivity index (χ1) is 10.5. The van der Waals surface area contributed by atoms with Gasteiger partial charge in [-0.05, 0) is 45.2 Å². The third-order valence-corrected chi connectivity index (χ3v) is 4.80. The van der Waals surface area contributed by atoms with Crippen molar-refractivity contribution in [3.63, 3.8) is 0 Å². The smallest absolute Gasteiger partial charge is 0.260 e. The van der Waals surface area contributed by atoms with Gasteiger partial charge in [0, 0.05) is 17.8 Å². The lowest BCUT2D eigenvalue weighted by Crippen LogP contribution is -2.47. The Morgan fingerprint density at radius 2 is 1.91 bits per heavy atom. The number of hydrogen-bond acceptors (Lipinski definition) is 2. The fourth-order valence-electron chi connectivity index (χ4n) is 3.34. The van der Waals surface area contributed by atoms with Crippen LogP contribution in [-0.2, 0) is 0 Å². The summed E-state index contributed by atoms with van der Waals surface area (Å²) < 4.78 is 0. The molecule has 122 valence electrons. The largest absolute Gasteiger partial charge is 0.333 e. The predicted octanol–water partition coefficient (Wildman–Crippen LogP) is 3.65. The molecule has 2 rings (SSSR count). The molecule has 1 aliphatic carbocycles. The Morgan fingerprint density at radius 3 is 2.45 bits per heavy atom. The van der Waals surface area contributed by atoms with Gasteiger partial charge in [-0.2, -0.15) is 0 Å². The van der Waals surface area contributed by atoms with Crippen molar-refractivity contribution < 1.29 is 4.79 Å². The van der Waals surface area contributed by atoms with E-state index < -0.39 is 0 Å². The summed E-state index contributed by atoms with van der Waals surface area (Å²) in [6, 6.07) is 3.90. The van der Waals surface area contributed by atoms with Gasteiger partial charge in [-0.15, -0.1) is 0 Å². The van der Waals surface area contributed by atoms with Crippen molar-refractivity contribution in [2.45, 2.75) is 77.8 Å². The van der Waals surface area contributed by atoms with Gasteiger partial charge >= 0.3 is 0 Å². The summed E-state index contributed by atoms with van der Waals surface area (Å²) in [7, 11) is 0. The molecule has 0 bridgehead atoms. The Balaban J connectivity index is 2.31. The Morgan fingerprint density at radius 1 is 1.27 bits per heavy atom. The zero-order valence-corrected chi connectivity index (χ0v) is 14.0. The molecule has 1 saturated carbocycles. The lowest BCUT2D eigenvalue weighted by Gasteiger charge is -2.36. The highest BCUT2D eigenvalue weighted by molar-refractivity contribution is 5.94. The maximum atomic E-state index is 13.0. The van der Waals surface area contributed by atoms with Gasteiger partial charge in [-0.1, -0.05) is 32.6 Å². The second kappa shape index (κ2) is 7.61. The molecule has 1 amide bonds. The number of rotatable bonds is 4. The van der Waals surface area contributed by atoms with Crippen LogP contribution < -0.4 is 5.56 Å². The molecule has 22 heavy (non-hydrogen) atoms. The van der Waals surface area contributed by atoms with E-state index in [0.717, 1.165) is 25.0 Å². The Bertz CT molecular complexity index is 556. The van der Waals surface area contributed by atoms with Crippen molar-refractivity contribution in [2.24, 2.45) is 0 Å². The quantitative estimate of drug-likeness (QED) is 0.863. The van der Waals surface area contributed by atoms with Crippen LogP contribution in [0.2, 0.25) is 0 Å². The predicted molar refractivity (Wildman–Crippen MR) is 89.2 cm³/mol. The Hall–Kier alpha value is -1.58. The summed E-state index contributed by atoms with van der Waals surface area (Å²) >= 11 is 0. The maximum absolute atomic E-state index is 13.0. The van der Waals surface area contributed by atoms with E-state index in [0.29, 0.717) is 0 Å². The molecular weight excluding hydrogens is 276 g/mol. The average Bonchev–Trinajstić information content (AvgIpc) is 2.76. The number of nitrogens with one attached hydrogen (secondary N) is 1. The van der Waals surface area contributed by atoms with E-state index in [9.17, 15) is 9.59 Å². The number of nitrogens with zero attached hydrogens (tertiary/aromatic N) is 1. The summed E-state index contributed by atoms with van der Waals surface area (Å²) in [5.41, 5.74) is 0.785. The standard InChI is InChI=1S/C18H28N2O2/c1-4-14(3)20(15-9-7-5-6-8-10-15)18(22)16-12-11-13(2)19-17(16)21/h11-12,14-15H,4-10H2,1-3H3,(H,19,21). The highest BCUT2D eigenvalue weighted by Gasteiger charge is 2.30. The molecule has 4 heteroatoms. The first-order valence-electron chi connectivity index (χ1n) is 8.57. The van der Waals surface area contributed by atoms with Gasteiger partial charge < -0.3 is 9.88 Å². The first kappa shape index (κ1) is 16.8. The zero-order chi connectivity index (χ0) is 16.1. The van der Waals surface area contributed by atoms with Gasteiger partial charge in [0.25, 0.3) is 11.5 Å². The minimum absolute atomic E-state index is 0.109. The van der Waals surface area contributed by atoms with Gasteiger partial charge in [0.1, 0.15) is 5.56 Å². The van der Waals surface area contributed by atoms with E-state index in [-0.39, 0.29) is 29.1 Å². The van der Waals surface area contributed by atoms with Crippen molar-refractivity contribution in [3.8, 4) is 0 Å². The van der Waals surface area contributed by atoms with Crippen LogP contribution in [0.5, 0.6) is 0 Å². The molecule has 1 unspecified atom stereocenters. The number of aryl methyl sites for hydroxylation is 1. The molecular formula is C18H28N2O2. The summed E-state index contributed by atoms with van der Waals surface area (Å²) in [6.07, 6.45) is 7.88. The maximum Gasteiger partial charge on any atom is 0.260 e. The van der Waals surface area contributed by atoms with E-state index in [1.54, 1.807) is 12.1 Å². The number of amides is 1. The Kier molecular flexibility index (Phi) is 5.81. The van der Waals surface area contributed by atoms with Gasteiger partial charge in [-0.25, -0.2) is 0 Å². The topological polar surface area (TPSA) is 53.2 Å². The molecule has 1 fully saturated rings. The summed E-state index contributed by atoms with van der Waals surface area (Å²) in [6.45, 7) is 6.01. The molecule has 1 aromatic rings. The van der Waals surface area contributed by atoms with Crippen LogP contribution in [0.1, 0.15) is 74.8 Å². The van der Waals surface area contributed by atoms with Gasteiger partial charge in [-0.3, -0.25) is 9.59 Å². The molecule has 1 atom stereocenters. The molecule has 4 nitrogen and oxygen atoms in total. The van der Waals surface area contributed by atoms with Crippen LogP contribution in [0, 0.1) is 6.92 Å². The minimum Gasteiger partial charge on any atom is -0.333 e. The molecule has 0 radical (unpaired) electrons. The molecule has 0 saturated heterocycles. The van der Waals surface area contributed by atoms with Crippen molar-refractivity contribution in [3.05, 3.63) is 33.7 Å². The number of H-pyrrole nitrogens is 1. The zero-order valence-electron chi connectivity index (χ0n) is 14.0. The highest BCUT2D eigenvalue weighted by atomic mass is 16.2. The van der Waals surface area contributed by atoms with Crippen molar-refractivity contribution in [1.29, 1.82) is 0 Å². The lowest BCUT2D eigenvalue weighted by molar-refractivity contribution is 0.0559. The molecule has 1 N–H and O–H groups in total. The second-order valence-corrected chi connectivity index (χ2v) is 6.50. The van der Waals surface area contributed by atoms with Crippen LogP contribution in [0.3, 0.4) is 0 Å². The van der Waals surface area contributed by atoms with Gasteiger partial charge in [0.15, 0.2) is 0 Å². The van der Waals surface area contributed by atoms with Crippen molar-refractivity contribution in [1.82, 2.24) is 9.88 Å². The number of carbonyl (C=O) groups is 1. The van der Waals surface area contributed by atoms with E-state index in [1.165, 1.54) is 25.7 Å². The van der Waals surface area contributed by atoms with Gasteiger partial charge in [0.05, 0.1) is 0 Å². The third kappa shape index (κ3) is 3.79. The van der Waals surface area contributed by atoms with E-state index in [2.05, 4.69) is 18.8 Å². The van der Waals surface area contributed by atoms with Crippen LogP contribution in [0.4, 0.5) is 0 Å². The summed E-state index contributed by atoms with van der Waals surface area (Å²) in [5, 5.41) is 0. The van der Waals surface area contributed by atoms with Crippen LogP contribution >= 0.6 is 0 Å². The summed E-state index contributed by atoms with van der Waals surface area (Å²) in [4.78, 5) is 29.9. The molecule has 0 aliphatic heterocycles. The van der Waals surface area contributed by atoms with Crippen molar-refractivity contribution in [2.75, 3.05) is 0 Å². The van der Waals surface area contributed by atoms with E-state index in [1.807, 2.05) is 11.8 Å². The summed E-state index contributed by atoms with van der Waals surface area (Å²) in [5.74, 6) is -0.109. The minimum atomic E-state index is -0.271. The lowest BCUT2D eigenvalue weighted by atomic mass is 10.0. The van der Waals surface area contributed by atoms with E-state index in [4.69, 9.17) is 0 Å². The highest BCUT2D eigenvalue weighted by Crippen LogP contribution is 2.25. The molecule has 1 aromatic heterocycles. The van der Waals surface area contributed by atoms with Crippen molar-refractivity contribution >= 4 is 5.91 Å².